The van der Waals surface area contributed by atoms with E-state index in [1.165, 1.54) is 0 Å². The van der Waals surface area contributed by atoms with Crippen molar-refractivity contribution in [2.45, 2.75) is 11.8 Å². The first-order valence-electron chi connectivity index (χ1n) is 5.40. The van der Waals surface area contributed by atoms with Crippen LogP contribution in [0.2, 0.25) is 0 Å². The van der Waals surface area contributed by atoms with Gasteiger partial charge in [0.1, 0.15) is 10.6 Å². The van der Waals surface area contributed by atoms with Crippen LogP contribution in [0.5, 0.6) is 0 Å². The van der Waals surface area contributed by atoms with Crippen molar-refractivity contribution < 1.29 is 27.5 Å². The summed E-state index contributed by atoms with van der Waals surface area (Å²) < 4.78 is 37.9. The zero-order chi connectivity index (χ0) is 15.5. The molecule has 0 spiro atoms. The SMILES string of the molecule is CCNC(=O)CS(=O)(=O)c1cc(Br)cc(C(=O)O)c1F. The molecule has 0 aliphatic heterocycles. The summed E-state index contributed by atoms with van der Waals surface area (Å²) in [6.07, 6.45) is 0. The Morgan fingerprint density at radius 1 is 1.40 bits per heavy atom. The molecule has 2 N–H and O–H groups in total. The van der Waals surface area contributed by atoms with Crippen LogP contribution in [0, 0.1) is 5.82 Å². The molecule has 0 radical (unpaired) electrons. The molecule has 0 fully saturated rings. The third kappa shape index (κ3) is 3.76. The number of amides is 1. The minimum absolute atomic E-state index is 0.0887. The Bertz CT molecular complexity index is 659. The van der Waals surface area contributed by atoms with Gasteiger partial charge in [0, 0.05) is 11.0 Å². The summed E-state index contributed by atoms with van der Waals surface area (Å²) in [5, 5.41) is 11.1. The quantitative estimate of drug-likeness (QED) is 0.814. The minimum atomic E-state index is -4.27. The average molecular weight is 368 g/mol. The van der Waals surface area contributed by atoms with Gasteiger partial charge in [-0.1, -0.05) is 15.9 Å². The number of benzene rings is 1. The number of aromatic carboxylic acids is 1. The second kappa shape index (κ2) is 6.31. The third-order valence-corrected chi connectivity index (χ3v) is 4.33. The first kappa shape index (κ1) is 16.6. The molecule has 0 saturated carbocycles. The van der Waals surface area contributed by atoms with Crippen LogP contribution < -0.4 is 5.32 Å². The molecule has 110 valence electrons. The summed E-state index contributed by atoms with van der Waals surface area (Å²) in [7, 11) is -4.27. The fourth-order valence-corrected chi connectivity index (χ4v) is 3.35. The van der Waals surface area contributed by atoms with E-state index in [1.807, 2.05) is 0 Å². The summed E-state index contributed by atoms with van der Waals surface area (Å²) in [6.45, 7) is 1.84. The number of rotatable bonds is 5. The van der Waals surface area contributed by atoms with Gasteiger partial charge in [0.15, 0.2) is 15.7 Å². The fourth-order valence-electron chi connectivity index (χ4n) is 1.44. The zero-order valence-corrected chi connectivity index (χ0v) is 12.7. The third-order valence-electron chi connectivity index (χ3n) is 2.26. The van der Waals surface area contributed by atoms with Crippen LogP contribution >= 0.6 is 15.9 Å². The highest BCUT2D eigenvalue weighted by Crippen LogP contribution is 2.25. The van der Waals surface area contributed by atoms with E-state index in [1.54, 1.807) is 6.92 Å². The predicted octanol–water partition coefficient (Wildman–Crippen LogP) is 1.20. The summed E-state index contributed by atoms with van der Waals surface area (Å²) in [5.74, 6) is -4.72. The topological polar surface area (TPSA) is 101 Å². The van der Waals surface area contributed by atoms with E-state index in [9.17, 15) is 22.4 Å². The van der Waals surface area contributed by atoms with Gasteiger partial charge >= 0.3 is 5.97 Å². The molecular formula is C11H11BrFNO5S. The first-order chi connectivity index (χ1) is 9.19. The number of sulfone groups is 1. The van der Waals surface area contributed by atoms with Gasteiger partial charge in [-0.2, -0.15) is 0 Å². The number of carboxylic acid groups (broad SMARTS) is 1. The molecule has 0 heterocycles. The van der Waals surface area contributed by atoms with Crippen LogP contribution in [0.15, 0.2) is 21.5 Å². The number of hydrogen-bond donors (Lipinski definition) is 2. The van der Waals surface area contributed by atoms with Crippen molar-refractivity contribution in [1.82, 2.24) is 5.32 Å². The Hall–Kier alpha value is -1.48. The van der Waals surface area contributed by atoms with Crippen LogP contribution in [0.25, 0.3) is 0 Å². The smallest absolute Gasteiger partial charge is 0.338 e. The van der Waals surface area contributed by atoms with Crippen LogP contribution in [-0.4, -0.2) is 37.7 Å². The van der Waals surface area contributed by atoms with Gasteiger partial charge in [-0.05, 0) is 19.1 Å². The number of carbonyl (C=O) groups excluding carboxylic acids is 1. The normalized spacial score (nSPS) is 11.2. The van der Waals surface area contributed by atoms with Crippen molar-refractivity contribution in [3.05, 3.63) is 28.0 Å². The van der Waals surface area contributed by atoms with Crippen molar-refractivity contribution in [1.29, 1.82) is 0 Å². The number of halogens is 2. The van der Waals surface area contributed by atoms with Crippen LogP contribution in [-0.2, 0) is 14.6 Å². The van der Waals surface area contributed by atoms with E-state index in [4.69, 9.17) is 5.11 Å². The highest BCUT2D eigenvalue weighted by molar-refractivity contribution is 9.10. The lowest BCUT2D eigenvalue weighted by molar-refractivity contribution is -0.118. The molecule has 1 rings (SSSR count). The molecular weight excluding hydrogens is 357 g/mol. The second-order valence-electron chi connectivity index (χ2n) is 3.78. The molecule has 9 heteroatoms. The number of carboxylic acids is 1. The second-order valence-corrected chi connectivity index (χ2v) is 6.66. The molecule has 20 heavy (non-hydrogen) atoms. The molecule has 0 bridgehead atoms. The molecule has 0 aliphatic rings. The van der Waals surface area contributed by atoms with Crippen molar-refractivity contribution in [3.8, 4) is 0 Å². The van der Waals surface area contributed by atoms with Crippen LogP contribution in [0.1, 0.15) is 17.3 Å². The van der Waals surface area contributed by atoms with Crippen molar-refractivity contribution >= 4 is 37.6 Å². The molecule has 1 aromatic carbocycles. The Morgan fingerprint density at radius 3 is 2.50 bits per heavy atom. The van der Waals surface area contributed by atoms with Gasteiger partial charge in [-0.15, -0.1) is 0 Å². The Kier molecular flexibility index (Phi) is 5.23. The molecule has 1 aromatic rings. The van der Waals surface area contributed by atoms with E-state index in [-0.39, 0.29) is 11.0 Å². The Labute approximate surface area is 123 Å². The zero-order valence-electron chi connectivity index (χ0n) is 10.3. The van der Waals surface area contributed by atoms with E-state index in [0.717, 1.165) is 12.1 Å². The summed E-state index contributed by atoms with van der Waals surface area (Å²) in [5.41, 5.74) is -0.783. The summed E-state index contributed by atoms with van der Waals surface area (Å²) in [4.78, 5) is 21.3. The minimum Gasteiger partial charge on any atom is -0.478 e. The summed E-state index contributed by atoms with van der Waals surface area (Å²) >= 11 is 2.91. The number of carbonyl (C=O) groups is 2. The molecule has 0 aromatic heterocycles. The fraction of sp³-hybridized carbons (Fsp3) is 0.273. The van der Waals surface area contributed by atoms with Gasteiger partial charge in [-0.3, -0.25) is 4.79 Å². The van der Waals surface area contributed by atoms with Crippen LogP contribution in [0.4, 0.5) is 4.39 Å². The number of nitrogens with one attached hydrogen (secondary N) is 1. The first-order valence-corrected chi connectivity index (χ1v) is 7.85. The van der Waals surface area contributed by atoms with Crippen molar-refractivity contribution in [2.24, 2.45) is 0 Å². The molecule has 0 saturated heterocycles. The highest BCUT2D eigenvalue weighted by Gasteiger charge is 2.27. The van der Waals surface area contributed by atoms with Crippen molar-refractivity contribution in [3.63, 3.8) is 0 Å². The Morgan fingerprint density at radius 2 is 2.00 bits per heavy atom. The highest BCUT2D eigenvalue weighted by atomic mass is 79.9. The Balaban J connectivity index is 3.32. The van der Waals surface area contributed by atoms with Crippen molar-refractivity contribution in [2.75, 3.05) is 12.3 Å². The van der Waals surface area contributed by atoms with Gasteiger partial charge in [0.05, 0.1) is 5.56 Å². The summed E-state index contributed by atoms with van der Waals surface area (Å²) in [6, 6.07) is 1.87. The number of hydrogen-bond acceptors (Lipinski definition) is 4. The standard InChI is InChI=1S/C11H11BrFNO5S/c1-2-14-9(15)5-20(18,19)8-4-6(12)3-7(10(8)13)11(16)17/h3-4H,2,5H2,1H3,(H,14,15)(H,16,17). The predicted molar refractivity (Wildman–Crippen MR) is 71.8 cm³/mol. The van der Waals surface area contributed by atoms with E-state index in [0.29, 0.717) is 0 Å². The molecule has 0 unspecified atom stereocenters. The van der Waals surface area contributed by atoms with E-state index >= 15 is 0 Å². The molecule has 1 amide bonds. The maximum atomic E-state index is 13.9. The molecule has 6 nitrogen and oxygen atoms in total. The van der Waals surface area contributed by atoms with Gasteiger partial charge < -0.3 is 10.4 Å². The molecule has 0 atom stereocenters. The van der Waals surface area contributed by atoms with Crippen LogP contribution in [0.3, 0.4) is 0 Å². The van der Waals surface area contributed by atoms with Gasteiger partial charge in [0.2, 0.25) is 5.91 Å². The monoisotopic (exact) mass is 367 g/mol. The maximum Gasteiger partial charge on any atom is 0.338 e. The van der Waals surface area contributed by atoms with Gasteiger partial charge in [0.25, 0.3) is 0 Å². The molecule has 0 aliphatic carbocycles. The van der Waals surface area contributed by atoms with E-state index < -0.39 is 43.7 Å². The average Bonchev–Trinajstić information content (AvgIpc) is 2.30. The lowest BCUT2D eigenvalue weighted by Crippen LogP contribution is -2.30. The maximum absolute atomic E-state index is 13.9. The largest absolute Gasteiger partial charge is 0.478 e. The lowest BCUT2D eigenvalue weighted by atomic mass is 10.2. The lowest BCUT2D eigenvalue weighted by Gasteiger charge is -2.08. The van der Waals surface area contributed by atoms with E-state index in [2.05, 4.69) is 21.2 Å². The van der Waals surface area contributed by atoms with Gasteiger partial charge in [-0.25, -0.2) is 17.6 Å².